The summed E-state index contributed by atoms with van der Waals surface area (Å²) in [5.74, 6) is 0.553. The molecule has 2 rings (SSSR count). The summed E-state index contributed by atoms with van der Waals surface area (Å²) >= 11 is 0. The molecular weight excluding hydrogens is 244 g/mol. The fourth-order valence-corrected chi connectivity index (χ4v) is 2.71. The van der Waals surface area contributed by atoms with Gasteiger partial charge in [-0.05, 0) is 25.3 Å². The van der Waals surface area contributed by atoms with Crippen LogP contribution in [0.3, 0.4) is 0 Å². The van der Waals surface area contributed by atoms with Gasteiger partial charge in [-0.25, -0.2) is 0 Å². The van der Waals surface area contributed by atoms with Crippen molar-refractivity contribution < 1.29 is 14.3 Å². The Hall–Kier alpha value is -0.650. The number of hydrogen-bond donors (Lipinski definition) is 1. The Balaban J connectivity index is 1.92. The molecule has 2 aliphatic rings. The second-order valence-electron chi connectivity index (χ2n) is 5.86. The van der Waals surface area contributed by atoms with E-state index in [2.05, 4.69) is 19.2 Å². The molecule has 2 atom stereocenters. The van der Waals surface area contributed by atoms with E-state index < -0.39 is 6.10 Å². The van der Waals surface area contributed by atoms with Crippen LogP contribution in [0.25, 0.3) is 0 Å². The Kier molecular flexibility index (Phi) is 5.60. The van der Waals surface area contributed by atoms with Crippen LogP contribution >= 0.6 is 0 Å². The van der Waals surface area contributed by atoms with Gasteiger partial charge in [0.2, 0.25) is 0 Å². The first kappa shape index (κ1) is 14.8. The molecule has 19 heavy (non-hydrogen) atoms. The largest absolute Gasteiger partial charge is 0.376 e. The molecule has 5 heteroatoms. The Morgan fingerprint density at radius 1 is 1.42 bits per heavy atom. The molecule has 0 aromatic heterocycles. The minimum atomic E-state index is -0.408. The van der Waals surface area contributed by atoms with Crippen LogP contribution in [0, 0.1) is 5.92 Å². The maximum absolute atomic E-state index is 12.5. The molecule has 0 spiro atoms. The summed E-state index contributed by atoms with van der Waals surface area (Å²) in [7, 11) is 0. The number of amides is 1. The van der Waals surface area contributed by atoms with E-state index in [4.69, 9.17) is 9.47 Å². The predicted octanol–water partition coefficient (Wildman–Crippen LogP) is 0.638. The van der Waals surface area contributed by atoms with Gasteiger partial charge in [-0.2, -0.15) is 0 Å². The molecule has 1 amide bonds. The van der Waals surface area contributed by atoms with Crippen LogP contribution in [0.1, 0.15) is 26.7 Å². The van der Waals surface area contributed by atoms with Crippen molar-refractivity contribution in [2.45, 2.75) is 38.8 Å². The third kappa shape index (κ3) is 4.44. The quantitative estimate of drug-likeness (QED) is 0.796. The van der Waals surface area contributed by atoms with Crippen LogP contribution in [0.5, 0.6) is 0 Å². The van der Waals surface area contributed by atoms with Crippen LogP contribution in [-0.2, 0) is 14.3 Å². The first-order valence-corrected chi connectivity index (χ1v) is 7.38. The maximum atomic E-state index is 12.5. The van der Waals surface area contributed by atoms with E-state index in [1.165, 1.54) is 6.42 Å². The van der Waals surface area contributed by atoms with Gasteiger partial charge < -0.3 is 19.7 Å². The van der Waals surface area contributed by atoms with E-state index in [1.54, 1.807) is 0 Å². The molecule has 110 valence electrons. The van der Waals surface area contributed by atoms with Gasteiger partial charge in [0.1, 0.15) is 0 Å². The van der Waals surface area contributed by atoms with Crippen molar-refractivity contribution in [2.75, 3.05) is 39.5 Å². The number of rotatable bonds is 5. The lowest BCUT2D eigenvalue weighted by Crippen LogP contribution is -2.50. The molecule has 1 N–H and O–H groups in total. The van der Waals surface area contributed by atoms with Crippen molar-refractivity contribution in [3.05, 3.63) is 0 Å². The molecule has 0 bridgehead atoms. The average Bonchev–Trinajstić information content (AvgIpc) is 2.90. The number of nitrogens with one attached hydrogen (secondary N) is 1. The smallest absolute Gasteiger partial charge is 0.254 e. The molecule has 0 aromatic rings. The van der Waals surface area contributed by atoms with Gasteiger partial charge in [0.25, 0.3) is 5.91 Å². The molecule has 2 fully saturated rings. The van der Waals surface area contributed by atoms with Crippen LogP contribution in [0.4, 0.5) is 0 Å². The fourth-order valence-electron chi connectivity index (χ4n) is 2.71. The average molecular weight is 270 g/mol. The van der Waals surface area contributed by atoms with E-state index in [0.717, 1.165) is 26.1 Å². The summed E-state index contributed by atoms with van der Waals surface area (Å²) in [6.07, 6.45) is 1.95. The maximum Gasteiger partial charge on any atom is 0.254 e. The van der Waals surface area contributed by atoms with E-state index in [1.807, 2.05) is 4.90 Å². The Morgan fingerprint density at radius 3 is 2.84 bits per heavy atom. The zero-order valence-corrected chi connectivity index (χ0v) is 12.1. The highest BCUT2D eigenvalue weighted by Crippen LogP contribution is 2.12. The summed E-state index contributed by atoms with van der Waals surface area (Å²) in [4.78, 5) is 14.5. The second kappa shape index (κ2) is 7.22. The predicted molar refractivity (Wildman–Crippen MR) is 73.0 cm³/mol. The lowest BCUT2D eigenvalue weighted by molar-refractivity contribution is -0.158. The van der Waals surface area contributed by atoms with E-state index in [9.17, 15) is 4.79 Å². The van der Waals surface area contributed by atoms with Gasteiger partial charge in [0.15, 0.2) is 6.10 Å². The van der Waals surface area contributed by atoms with Gasteiger partial charge in [-0.1, -0.05) is 13.8 Å². The van der Waals surface area contributed by atoms with Crippen LogP contribution < -0.4 is 5.32 Å². The number of nitrogens with zero attached hydrogens (tertiary/aromatic N) is 1. The molecule has 2 unspecified atom stereocenters. The van der Waals surface area contributed by atoms with Crippen molar-refractivity contribution in [1.82, 2.24) is 10.2 Å². The van der Waals surface area contributed by atoms with Gasteiger partial charge in [0, 0.05) is 19.1 Å². The van der Waals surface area contributed by atoms with Crippen LogP contribution in [0.2, 0.25) is 0 Å². The number of ether oxygens (including phenoxy) is 2. The molecule has 0 saturated carbocycles. The summed E-state index contributed by atoms with van der Waals surface area (Å²) in [5, 5.41) is 3.45. The monoisotopic (exact) mass is 270 g/mol. The normalized spacial score (nSPS) is 27.7. The highest BCUT2D eigenvalue weighted by molar-refractivity contribution is 5.81. The molecule has 0 aliphatic carbocycles. The third-order valence-corrected chi connectivity index (χ3v) is 3.59. The lowest BCUT2D eigenvalue weighted by Gasteiger charge is -2.32. The van der Waals surface area contributed by atoms with Crippen molar-refractivity contribution >= 4 is 5.91 Å². The standard InChI is InChI=1S/C14H26N2O3/c1-11(2)8-16(9-12-4-3-5-15-12)14(17)13-10-18-6-7-19-13/h11-13,15H,3-10H2,1-2H3. The van der Waals surface area contributed by atoms with Crippen molar-refractivity contribution in [3.8, 4) is 0 Å². The van der Waals surface area contributed by atoms with Gasteiger partial charge in [0.05, 0.1) is 19.8 Å². The Bertz CT molecular complexity index is 284. The number of carbonyl (C=O) groups excluding carboxylic acids is 1. The summed E-state index contributed by atoms with van der Waals surface area (Å²) in [6.45, 7) is 8.43. The number of carbonyl (C=O) groups is 1. The molecule has 0 radical (unpaired) electrons. The van der Waals surface area contributed by atoms with Gasteiger partial charge >= 0.3 is 0 Å². The van der Waals surface area contributed by atoms with E-state index in [0.29, 0.717) is 31.8 Å². The molecule has 2 heterocycles. The third-order valence-electron chi connectivity index (χ3n) is 3.59. The Morgan fingerprint density at radius 2 is 2.26 bits per heavy atom. The number of hydrogen-bond acceptors (Lipinski definition) is 4. The van der Waals surface area contributed by atoms with Gasteiger partial charge in [-0.3, -0.25) is 4.79 Å². The first-order chi connectivity index (χ1) is 9.16. The van der Waals surface area contributed by atoms with Crippen LogP contribution in [0.15, 0.2) is 0 Å². The topological polar surface area (TPSA) is 50.8 Å². The molecule has 5 nitrogen and oxygen atoms in total. The molecule has 2 aliphatic heterocycles. The zero-order valence-electron chi connectivity index (χ0n) is 12.1. The zero-order chi connectivity index (χ0) is 13.7. The minimum absolute atomic E-state index is 0.0853. The first-order valence-electron chi connectivity index (χ1n) is 7.38. The Labute approximate surface area is 115 Å². The van der Waals surface area contributed by atoms with Crippen molar-refractivity contribution in [3.63, 3.8) is 0 Å². The van der Waals surface area contributed by atoms with Crippen LogP contribution in [-0.4, -0.2) is 62.4 Å². The van der Waals surface area contributed by atoms with Crippen molar-refractivity contribution in [2.24, 2.45) is 5.92 Å². The molecular formula is C14H26N2O3. The van der Waals surface area contributed by atoms with Crippen molar-refractivity contribution in [1.29, 1.82) is 0 Å². The molecule has 0 aromatic carbocycles. The van der Waals surface area contributed by atoms with E-state index >= 15 is 0 Å². The molecule has 2 saturated heterocycles. The summed E-state index contributed by atoms with van der Waals surface area (Å²) in [5.41, 5.74) is 0. The SMILES string of the molecule is CC(C)CN(CC1CCCN1)C(=O)C1COCCO1. The highest BCUT2D eigenvalue weighted by atomic mass is 16.6. The van der Waals surface area contributed by atoms with Gasteiger partial charge in [-0.15, -0.1) is 0 Å². The lowest BCUT2D eigenvalue weighted by atomic mass is 10.1. The summed E-state index contributed by atoms with van der Waals surface area (Å²) < 4.78 is 10.9. The summed E-state index contributed by atoms with van der Waals surface area (Å²) in [6, 6.07) is 0.437. The highest BCUT2D eigenvalue weighted by Gasteiger charge is 2.30. The fraction of sp³-hybridized carbons (Fsp3) is 0.929. The van der Waals surface area contributed by atoms with E-state index in [-0.39, 0.29) is 5.91 Å². The second-order valence-corrected chi connectivity index (χ2v) is 5.86. The minimum Gasteiger partial charge on any atom is -0.376 e.